The molecule has 1 heterocycles. The predicted molar refractivity (Wildman–Crippen MR) is 116 cm³/mol. The zero-order chi connectivity index (χ0) is 19.3. The van der Waals surface area contributed by atoms with E-state index in [0.717, 1.165) is 37.7 Å². The van der Waals surface area contributed by atoms with E-state index in [1.165, 1.54) is 42.7 Å². The Labute approximate surface area is 168 Å². The quantitative estimate of drug-likeness (QED) is 0.784. The fourth-order valence-corrected chi connectivity index (χ4v) is 3.97. The molecule has 1 saturated heterocycles. The Morgan fingerprint density at radius 2 is 1.64 bits per heavy atom. The van der Waals surface area contributed by atoms with Crippen molar-refractivity contribution in [2.45, 2.75) is 45.1 Å². The second-order valence-corrected chi connectivity index (χ2v) is 8.19. The molecule has 28 heavy (non-hydrogen) atoms. The second kappa shape index (κ2) is 8.78. The van der Waals surface area contributed by atoms with Gasteiger partial charge in [-0.25, -0.2) is 0 Å². The van der Waals surface area contributed by atoms with Crippen LogP contribution >= 0.6 is 0 Å². The van der Waals surface area contributed by atoms with Gasteiger partial charge in [0.05, 0.1) is 0 Å². The third-order valence-corrected chi connectivity index (χ3v) is 5.88. The number of hydrogen-bond acceptors (Lipinski definition) is 3. The molecular weight excluding hydrogens is 346 g/mol. The second-order valence-electron chi connectivity index (χ2n) is 8.19. The number of nitrogens with zero attached hydrogens (tertiary/aromatic N) is 2. The lowest BCUT2D eigenvalue weighted by Crippen LogP contribution is -2.47. The first-order valence-electron chi connectivity index (χ1n) is 10.6. The van der Waals surface area contributed by atoms with Gasteiger partial charge in [-0.15, -0.1) is 0 Å². The minimum absolute atomic E-state index is 0.0953. The summed E-state index contributed by atoms with van der Waals surface area (Å²) in [7, 11) is 0. The van der Waals surface area contributed by atoms with E-state index in [1.807, 2.05) is 12.1 Å². The Hall–Kier alpha value is -2.33. The standard InChI is InChI=1S/C24H31N3O/c1-19-5-7-20(8-6-19)3-2-4-24(28)25-21-9-11-22(12-10-21)26-15-17-27(18-16-26)23-13-14-23/h5-12,23H,2-4,13-18H2,1H3,(H,25,28). The van der Waals surface area contributed by atoms with E-state index < -0.39 is 0 Å². The molecule has 2 aromatic rings. The van der Waals surface area contributed by atoms with Gasteiger partial charge in [0.25, 0.3) is 0 Å². The number of anilines is 2. The molecule has 0 atom stereocenters. The van der Waals surface area contributed by atoms with Crippen LogP contribution in [0.3, 0.4) is 0 Å². The van der Waals surface area contributed by atoms with E-state index in [0.29, 0.717) is 6.42 Å². The highest BCUT2D eigenvalue weighted by molar-refractivity contribution is 5.90. The molecule has 0 unspecified atom stereocenters. The van der Waals surface area contributed by atoms with Gasteiger partial charge in [0.15, 0.2) is 0 Å². The van der Waals surface area contributed by atoms with Crippen LogP contribution in [-0.4, -0.2) is 43.0 Å². The lowest BCUT2D eigenvalue weighted by atomic mass is 10.1. The van der Waals surface area contributed by atoms with Crippen molar-refractivity contribution < 1.29 is 4.79 Å². The number of nitrogens with one attached hydrogen (secondary N) is 1. The number of piperazine rings is 1. The maximum atomic E-state index is 12.2. The van der Waals surface area contributed by atoms with Crippen molar-refractivity contribution in [3.63, 3.8) is 0 Å². The minimum Gasteiger partial charge on any atom is -0.369 e. The number of amides is 1. The van der Waals surface area contributed by atoms with E-state index in [-0.39, 0.29) is 5.91 Å². The summed E-state index contributed by atoms with van der Waals surface area (Å²) in [5.74, 6) is 0.0953. The summed E-state index contributed by atoms with van der Waals surface area (Å²) in [5, 5.41) is 3.03. The Balaban J connectivity index is 1.20. The van der Waals surface area contributed by atoms with Crippen molar-refractivity contribution in [2.75, 3.05) is 36.4 Å². The number of carbonyl (C=O) groups excluding carboxylic acids is 1. The largest absolute Gasteiger partial charge is 0.369 e. The van der Waals surface area contributed by atoms with Crippen LogP contribution in [0.1, 0.15) is 36.8 Å². The number of carbonyl (C=O) groups is 1. The predicted octanol–water partition coefficient (Wildman–Crippen LogP) is 4.24. The molecule has 4 heteroatoms. The van der Waals surface area contributed by atoms with Gasteiger partial charge in [0.2, 0.25) is 5.91 Å². The molecule has 2 fully saturated rings. The van der Waals surface area contributed by atoms with E-state index in [2.05, 4.69) is 58.4 Å². The van der Waals surface area contributed by atoms with E-state index >= 15 is 0 Å². The van der Waals surface area contributed by atoms with Crippen LogP contribution in [0, 0.1) is 6.92 Å². The van der Waals surface area contributed by atoms with Crippen LogP contribution in [0.2, 0.25) is 0 Å². The first-order chi connectivity index (χ1) is 13.7. The van der Waals surface area contributed by atoms with Crippen LogP contribution < -0.4 is 10.2 Å². The third-order valence-electron chi connectivity index (χ3n) is 5.88. The summed E-state index contributed by atoms with van der Waals surface area (Å²) in [6.07, 6.45) is 5.15. The van der Waals surface area contributed by atoms with Gasteiger partial charge < -0.3 is 10.2 Å². The van der Waals surface area contributed by atoms with Crippen molar-refractivity contribution in [1.29, 1.82) is 0 Å². The zero-order valence-corrected chi connectivity index (χ0v) is 16.9. The van der Waals surface area contributed by atoms with Gasteiger partial charge in [0, 0.05) is 50.0 Å². The normalized spacial score (nSPS) is 17.5. The topological polar surface area (TPSA) is 35.6 Å². The summed E-state index contributed by atoms with van der Waals surface area (Å²) < 4.78 is 0. The maximum absolute atomic E-state index is 12.2. The summed E-state index contributed by atoms with van der Waals surface area (Å²) >= 11 is 0. The molecule has 2 aromatic carbocycles. The minimum atomic E-state index is 0.0953. The Morgan fingerprint density at radius 1 is 0.964 bits per heavy atom. The van der Waals surface area contributed by atoms with Gasteiger partial charge in [-0.2, -0.15) is 0 Å². The lowest BCUT2D eigenvalue weighted by molar-refractivity contribution is -0.116. The average molecular weight is 378 g/mol. The van der Waals surface area contributed by atoms with Crippen molar-refractivity contribution in [1.82, 2.24) is 4.90 Å². The van der Waals surface area contributed by atoms with Crippen LogP contribution in [-0.2, 0) is 11.2 Å². The number of benzene rings is 2. The molecule has 148 valence electrons. The molecule has 1 amide bonds. The molecule has 1 saturated carbocycles. The Bertz CT molecular complexity index is 773. The highest BCUT2D eigenvalue weighted by Crippen LogP contribution is 2.28. The molecule has 0 spiro atoms. The van der Waals surface area contributed by atoms with Crippen molar-refractivity contribution >= 4 is 17.3 Å². The monoisotopic (exact) mass is 377 g/mol. The van der Waals surface area contributed by atoms with Crippen molar-refractivity contribution in [2.24, 2.45) is 0 Å². The van der Waals surface area contributed by atoms with Gasteiger partial charge in [-0.05, 0) is 62.4 Å². The molecule has 0 bridgehead atoms. The van der Waals surface area contributed by atoms with E-state index in [4.69, 9.17) is 0 Å². The van der Waals surface area contributed by atoms with Gasteiger partial charge in [-0.1, -0.05) is 29.8 Å². The van der Waals surface area contributed by atoms with Crippen LogP contribution in [0.4, 0.5) is 11.4 Å². The molecule has 0 radical (unpaired) electrons. The third kappa shape index (κ3) is 5.14. The highest BCUT2D eigenvalue weighted by Gasteiger charge is 2.31. The summed E-state index contributed by atoms with van der Waals surface area (Å²) in [6, 6.07) is 17.7. The van der Waals surface area contributed by atoms with Crippen LogP contribution in [0.25, 0.3) is 0 Å². The summed E-state index contributed by atoms with van der Waals surface area (Å²) in [5.41, 5.74) is 4.72. The van der Waals surface area contributed by atoms with Crippen LogP contribution in [0.15, 0.2) is 48.5 Å². The smallest absolute Gasteiger partial charge is 0.224 e. The molecule has 0 aromatic heterocycles. The van der Waals surface area contributed by atoms with Gasteiger partial charge in [0.1, 0.15) is 0 Å². The number of aryl methyl sites for hydroxylation is 2. The molecular formula is C24H31N3O. The Kier molecular flexibility index (Phi) is 5.96. The van der Waals surface area contributed by atoms with E-state index in [1.54, 1.807) is 0 Å². The van der Waals surface area contributed by atoms with Crippen molar-refractivity contribution in [3.05, 3.63) is 59.7 Å². The van der Waals surface area contributed by atoms with Gasteiger partial charge in [-0.3, -0.25) is 9.69 Å². The molecule has 1 aliphatic carbocycles. The molecule has 4 nitrogen and oxygen atoms in total. The number of hydrogen-bond donors (Lipinski definition) is 1. The van der Waals surface area contributed by atoms with Crippen LogP contribution in [0.5, 0.6) is 0 Å². The molecule has 2 aliphatic rings. The lowest BCUT2D eigenvalue weighted by Gasteiger charge is -2.36. The van der Waals surface area contributed by atoms with Crippen molar-refractivity contribution in [3.8, 4) is 0 Å². The summed E-state index contributed by atoms with van der Waals surface area (Å²) in [6.45, 7) is 6.63. The van der Waals surface area contributed by atoms with Gasteiger partial charge >= 0.3 is 0 Å². The fourth-order valence-electron chi connectivity index (χ4n) is 3.97. The summed E-state index contributed by atoms with van der Waals surface area (Å²) in [4.78, 5) is 17.3. The fraction of sp³-hybridized carbons (Fsp3) is 0.458. The molecule has 4 rings (SSSR count). The molecule has 1 N–H and O–H groups in total. The molecule has 1 aliphatic heterocycles. The SMILES string of the molecule is Cc1ccc(CCCC(=O)Nc2ccc(N3CCN(C4CC4)CC3)cc2)cc1. The first kappa shape index (κ1) is 19.0. The maximum Gasteiger partial charge on any atom is 0.224 e. The highest BCUT2D eigenvalue weighted by atomic mass is 16.1. The first-order valence-corrected chi connectivity index (χ1v) is 10.6. The van der Waals surface area contributed by atoms with E-state index in [9.17, 15) is 4.79 Å². The zero-order valence-electron chi connectivity index (χ0n) is 16.9. The Morgan fingerprint density at radius 3 is 2.29 bits per heavy atom. The average Bonchev–Trinajstić information content (AvgIpc) is 3.56. The number of rotatable bonds is 7.